The van der Waals surface area contributed by atoms with Crippen molar-refractivity contribution < 1.29 is 18.7 Å². The van der Waals surface area contributed by atoms with E-state index in [2.05, 4.69) is 0 Å². The predicted molar refractivity (Wildman–Crippen MR) is 73.1 cm³/mol. The molecule has 1 aliphatic heterocycles. The second-order valence-electron chi connectivity index (χ2n) is 5.02. The van der Waals surface area contributed by atoms with Gasteiger partial charge in [0, 0.05) is 20.2 Å². The summed E-state index contributed by atoms with van der Waals surface area (Å²) in [6, 6.07) is 6.02. The highest BCUT2D eigenvalue weighted by Gasteiger charge is 2.25. The highest BCUT2D eigenvalue weighted by molar-refractivity contribution is 5.77. The number of carbonyl (C=O) groups excluding carboxylic acids is 1. The molecule has 0 aromatic heterocycles. The topological polar surface area (TPSA) is 38.8 Å². The Hall–Kier alpha value is -1.62. The van der Waals surface area contributed by atoms with Crippen LogP contribution in [0.3, 0.4) is 0 Å². The molecule has 1 atom stereocenters. The van der Waals surface area contributed by atoms with Crippen LogP contribution in [0.15, 0.2) is 24.3 Å². The average molecular weight is 281 g/mol. The molecular weight excluding hydrogens is 261 g/mol. The molecule has 1 aromatic rings. The Bertz CT molecular complexity index is 435. The molecule has 1 aliphatic rings. The lowest BCUT2D eigenvalue weighted by Crippen LogP contribution is -2.31. The first-order chi connectivity index (χ1) is 9.69. The average Bonchev–Trinajstić information content (AvgIpc) is 2.90. The molecule has 2 rings (SSSR count). The van der Waals surface area contributed by atoms with Gasteiger partial charge >= 0.3 is 0 Å². The maximum Gasteiger partial charge on any atom is 0.248 e. The zero-order valence-corrected chi connectivity index (χ0v) is 11.7. The van der Waals surface area contributed by atoms with Crippen molar-refractivity contribution in [2.45, 2.75) is 12.8 Å². The Morgan fingerprint density at radius 2 is 2.15 bits per heavy atom. The number of rotatable bonds is 6. The van der Waals surface area contributed by atoms with Crippen LogP contribution >= 0.6 is 0 Å². The molecule has 5 heteroatoms. The smallest absolute Gasteiger partial charge is 0.248 e. The van der Waals surface area contributed by atoms with E-state index in [0.29, 0.717) is 18.3 Å². The van der Waals surface area contributed by atoms with E-state index in [-0.39, 0.29) is 18.3 Å². The van der Waals surface area contributed by atoms with Crippen LogP contribution in [0.5, 0.6) is 5.75 Å². The second kappa shape index (κ2) is 7.24. The van der Waals surface area contributed by atoms with Crippen LogP contribution in [0.2, 0.25) is 0 Å². The van der Waals surface area contributed by atoms with Gasteiger partial charge in [-0.2, -0.15) is 0 Å². The van der Waals surface area contributed by atoms with Gasteiger partial charge in [-0.05, 0) is 43.0 Å². The molecule has 1 saturated heterocycles. The van der Waals surface area contributed by atoms with Gasteiger partial charge in [-0.3, -0.25) is 4.79 Å². The summed E-state index contributed by atoms with van der Waals surface area (Å²) < 4.78 is 23.2. The lowest BCUT2D eigenvalue weighted by molar-refractivity contribution is -0.134. The third-order valence-corrected chi connectivity index (χ3v) is 3.51. The first-order valence-corrected chi connectivity index (χ1v) is 6.84. The van der Waals surface area contributed by atoms with Crippen molar-refractivity contribution in [3.05, 3.63) is 30.1 Å². The number of ether oxygens (including phenoxy) is 2. The number of carbonyl (C=O) groups is 1. The summed E-state index contributed by atoms with van der Waals surface area (Å²) in [5, 5.41) is 0. The van der Waals surface area contributed by atoms with Crippen LogP contribution in [0.4, 0.5) is 4.39 Å². The van der Waals surface area contributed by atoms with E-state index >= 15 is 0 Å². The Morgan fingerprint density at radius 3 is 2.85 bits per heavy atom. The molecule has 1 heterocycles. The van der Waals surface area contributed by atoms with E-state index in [1.54, 1.807) is 12.1 Å². The van der Waals surface area contributed by atoms with Crippen LogP contribution < -0.4 is 4.74 Å². The maximum atomic E-state index is 12.7. The third-order valence-electron chi connectivity index (χ3n) is 3.51. The molecule has 0 saturated carbocycles. The molecule has 0 bridgehead atoms. The third kappa shape index (κ3) is 4.20. The molecule has 0 spiro atoms. The van der Waals surface area contributed by atoms with Gasteiger partial charge in [0.05, 0.1) is 6.61 Å². The molecule has 1 fully saturated rings. The monoisotopic (exact) mass is 281 g/mol. The molecule has 0 N–H and O–H groups in total. The van der Waals surface area contributed by atoms with Gasteiger partial charge in [-0.15, -0.1) is 0 Å². The highest BCUT2D eigenvalue weighted by Crippen LogP contribution is 2.20. The van der Waals surface area contributed by atoms with Gasteiger partial charge in [0.15, 0.2) is 0 Å². The van der Waals surface area contributed by atoms with Crippen molar-refractivity contribution in [1.82, 2.24) is 4.90 Å². The van der Waals surface area contributed by atoms with Crippen LogP contribution in [0.1, 0.15) is 12.8 Å². The van der Waals surface area contributed by atoms with Gasteiger partial charge in [-0.25, -0.2) is 4.39 Å². The highest BCUT2D eigenvalue weighted by atomic mass is 19.1. The first kappa shape index (κ1) is 14.8. The minimum atomic E-state index is -0.263. The lowest BCUT2D eigenvalue weighted by atomic mass is 10.1. The summed E-state index contributed by atoms with van der Waals surface area (Å²) in [4.78, 5) is 13.5. The molecular formula is C15H20FNO3. The van der Waals surface area contributed by atoms with Crippen LogP contribution in [-0.2, 0) is 9.53 Å². The predicted octanol–water partition coefficient (Wildman–Crippen LogP) is 2.09. The summed E-state index contributed by atoms with van der Waals surface area (Å²) in [6.45, 7) is 2.31. The number of hydrogen-bond donors (Lipinski definition) is 0. The number of hydrogen-bond acceptors (Lipinski definition) is 3. The van der Waals surface area contributed by atoms with Crippen molar-refractivity contribution in [2.24, 2.45) is 5.92 Å². The largest absolute Gasteiger partial charge is 0.494 e. The van der Waals surface area contributed by atoms with Crippen LogP contribution in [0, 0.1) is 11.7 Å². The van der Waals surface area contributed by atoms with Gasteiger partial charge in [-0.1, -0.05) is 0 Å². The molecule has 4 nitrogen and oxygen atoms in total. The zero-order valence-electron chi connectivity index (χ0n) is 11.7. The maximum absolute atomic E-state index is 12.7. The number of halogens is 1. The zero-order chi connectivity index (χ0) is 14.4. The molecule has 1 amide bonds. The van der Waals surface area contributed by atoms with Gasteiger partial charge in [0.2, 0.25) is 5.91 Å². The summed E-state index contributed by atoms with van der Waals surface area (Å²) in [5.74, 6) is 0.933. The molecule has 0 radical (unpaired) electrons. The number of benzene rings is 1. The van der Waals surface area contributed by atoms with Gasteiger partial charge in [0.25, 0.3) is 0 Å². The summed E-state index contributed by atoms with van der Waals surface area (Å²) >= 11 is 0. The fraction of sp³-hybridized carbons (Fsp3) is 0.533. The van der Waals surface area contributed by atoms with Crippen molar-refractivity contribution in [2.75, 3.05) is 33.4 Å². The Kier molecular flexibility index (Phi) is 5.35. The molecule has 0 aliphatic carbocycles. The minimum absolute atomic E-state index is 0.0504. The van der Waals surface area contributed by atoms with Crippen molar-refractivity contribution in [1.29, 1.82) is 0 Å². The lowest BCUT2D eigenvalue weighted by Gasteiger charge is -2.16. The Labute approximate surface area is 118 Å². The van der Waals surface area contributed by atoms with Crippen molar-refractivity contribution in [3.8, 4) is 5.75 Å². The van der Waals surface area contributed by atoms with E-state index in [9.17, 15) is 9.18 Å². The molecule has 20 heavy (non-hydrogen) atoms. The van der Waals surface area contributed by atoms with E-state index in [4.69, 9.17) is 9.47 Å². The van der Waals surface area contributed by atoms with Gasteiger partial charge < -0.3 is 14.4 Å². The fourth-order valence-corrected chi connectivity index (χ4v) is 2.38. The number of amides is 1. The molecule has 1 unspecified atom stereocenters. The summed E-state index contributed by atoms with van der Waals surface area (Å²) in [7, 11) is 1.53. The van der Waals surface area contributed by atoms with Crippen molar-refractivity contribution >= 4 is 5.91 Å². The van der Waals surface area contributed by atoms with Crippen LogP contribution in [-0.4, -0.2) is 44.2 Å². The SMILES string of the molecule is COCC(=O)N1CCC(CCOc2ccc(F)cc2)C1. The van der Waals surface area contributed by atoms with E-state index in [0.717, 1.165) is 25.9 Å². The van der Waals surface area contributed by atoms with Gasteiger partial charge in [0.1, 0.15) is 18.2 Å². The quantitative estimate of drug-likeness (QED) is 0.801. The fourth-order valence-electron chi connectivity index (χ4n) is 2.38. The molecule has 110 valence electrons. The normalized spacial score (nSPS) is 18.3. The first-order valence-electron chi connectivity index (χ1n) is 6.84. The van der Waals surface area contributed by atoms with E-state index in [1.165, 1.54) is 19.2 Å². The number of methoxy groups -OCH3 is 1. The second-order valence-corrected chi connectivity index (χ2v) is 5.02. The molecule has 1 aromatic carbocycles. The summed E-state index contributed by atoms with van der Waals surface area (Å²) in [5.41, 5.74) is 0. The van der Waals surface area contributed by atoms with E-state index in [1.807, 2.05) is 4.90 Å². The van der Waals surface area contributed by atoms with Crippen molar-refractivity contribution in [3.63, 3.8) is 0 Å². The van der Waals surface area contributed by atoms with E-state index < -0.39 is 0 Å². The number of likely N-dealkylation sites (tertiary alicyclic amines) is 1. The van der Waals surface area contributed by atoms with Crippen LogP contribution in [0.25, 0.3) is 0 Å². The standard InChI is InChI=1S/C15H20FNO3/c1-19-11-15(18)17-8-6-12(10-17)7-9-20-14-4-2-13(16)3-5-14/h2-5,12H,6-11H2,1H3. The Balaban J connectivity index is 1.68. The Morgan fingerprint density at radius 1 is 1.40 bits per heavy atom. The minimum Gasteiger partial charge on any atom is -0.494 e. The summed E-state index contributed by atoms with van der Waals surface area (Å²) in [6.07, 6.45) is 1.90. The number of nitrogens with zero attached hydrogens (tertiary/aromatic N) is 1.